The van der Waals surface area contributed by atoms with Crippen LogP contribution in [-0.4, -0.2) is 24.8 Å². The van der Waals surface area contributed by atoms with Crippen LogP contribution in [-0.2, 0) is 49.4 Å². The van der Waals surface area contributed by atoms with E-state index in [0.29, 0.717) is 0 Å². The van der Waals surface area contributed by atoms with Crippen molar-refractivity contribution >= 4 is 31.1 Å². The Balaban J connectivity index is 1.60. The van der Waals surface area contributed by atoms with Crippen molar-refractivity contribution in [3.8, 4) is 0 Å². The molecular formula is C27H30ClHgNO5. The van der Waals surface area contributed by atoms with Crippen LogP contribution in [0.5, 0.6) is 0 Å². The van der Waals surface area contributed by atoms with E-state index in [1.165, 1.54) is 0 Å². The Hall–Kier alpha value is -2.05. The molecule has 0 unspecified atom stereocenters. The first-order valence-electron chi connectivity index (χ1n) is 12.1. The van der Waals surface area contributed by atoms with Crippen molar-refractivity contribution in [2.24, 2.45) is 0 Å². The summed E-state index contributed by atoms with van der Waals surface area (Å²) in [5, 5.41) is 5.15. The first-order valence-corrected chi connectivity index (χ1v) is 22.1. The number of halogens is 1. The number of hydrogen-bond donors (Lipinski definition) is 1. The predicted octanol–water partition coefficient (Wildman–Crippen LogP) is 6.47. The molecule has 1 aliphatic rings. The molecule has 4 rings (SSSR count). The van der Waals surface area contributed by atoms with Gasteiger partial charge in [-0.25, -0.2) is 0 Å². The van der Waals surface area contributed by atoms with E-state index in [9.17, 15) is 9.59 Å². The maximum atomic E-state index is 13.2. The van der Waals surface area contributed by atoms with Gasteiger partial charge in [-0.2, -0.15) is 0 Å². The number of alkyl carbamates (subject to hydrolysis) is 1. The van der Waals surface area contributed by atoms with Crippen LogP contribution in [0.2, 0.25) is 3.43 Å². The van der Waals surface area contributed by atoms with Gasteiger partial charge in [0, 0.05) is 0 Å². The summed E-state index contributed by atoms with van der Waals surface area (Å²) in [7, 11) is 6.60. The molecule has 182 valence electrons. The second-order valence-electron chi connectivity index (χ2n) is 9.29. The molecule has 4 atom stereocenters. The van der Waals surface area contributed by atoms with E-state index in [1.807, 2.05) is 62.4 Å². The van der Waals surface area contributed by atoms with Gasteiger partial charge in [-0.05, 0) is 0 Å². The Bertz CT molecular complexity index is 1190. The second kappa shape index (κ2) is 11.3. The molecule has 0 aliphatic heterocycles. The molecule has 0 saturated heterocycles. The molecule has 1 aromatic heterocycles. The Kier molecular flexibility index (Phi) is 8.43. The molecule has 3 aromatic rings. The molecule has 1 aliphatic carbocycles. The fraction of sp³-hybridized carbons (Fsp3) is 0.407. The van der Waals surface area contributed by atoms with Crippen LogP contribution < -0.4 is 5.32 Å². The molecule has 0 spiro atoms. The summed E-state index contributed by atoms with van der Waals surface area (Å²) in [4.78, 5) is 25.8. The number of amides is 1. The summed E-state index contributed by atoms with van der Waals surface area (Å²) in [6.07, 6.45) is 2.07. The van der Waals surface area contributed by atoms with E-state index in [0.717, 1.165) is 40.5 Å². The summed E-state index contributed by atoms with van der Waals surface area (Å²) < 4.78 is 17.4. The van der Waals surface area contributed by atoms with Crippen LogP contribution >= 0.6 is 8.25 Å². The van der Waals surface area contributed by atoms with Crippen molar-refractivity contribution in [3.05, 3.63) is 71.7 Å². The van der Waals surface area contributed by atoms with Gasteiger partial charge in [0.05, 0.1) is 0 Å². The number of aryl methyl sites for hydroxylation is 1. The van der Waals surface area contributed by atoms with E-state index >= 15 is 0 Å². The van der Waals surface area contributed by atoms with Gasteiger partial charge >= 0.3 is 223 Å². The van der Waals surface area contributed by atoms with Gasteiger partial charge in [0.25, 0.3) is 0 Å². The van der Waals surface area contributed by atoms with Crippen molar-refractivity contribution in [3.63, 3.8) is 0 Å². The number of fused-ring (bicyclic) bond motifs is 2. The topological polar surface area (TPSA) is 77.8 Å². The van der Waals surface area contributed by atoms with E-state index in [-0.39, 0.29) is 22.5 Å². The third-order valence-electron chi connectivity index (χ3n) is 7.23. The zero-order chi connectivity index (χ0) is 25.0. The van der Waals surface area contributed by atoms with Crippen LogP contribution in [0.4, 0.5) is 4.79 Å². The van der Waals surface area contributed by atoms with Gasteiger partial charge < -0.3 is 0 Å². The molecule has 1 heterocycles. The summed E-state index contributed by atoms with van der Waals surface area (Å²) >= 11 is -1.84. The second-order valence-corrected chi connectivity index (χ2v) is 17.0. The van der Waals surface area contributed by atoms with Gasteiger partial charge in [0.1, 0.15) is 0 Å². The number of nitrogens with one attached hydrogen (secondary N) is 1. The molecule has 0 fully saturated rings. The molecular weight excluding hydrogens is 654 g/mol. The summed E-state index contributed by atoms with van der Waals surface area (Å²) in [6.45, 7) is 5.97. The molecule has 1 amide bonds. The number of carbonyl (C=O) groups is 2. The number of ether oxygens (including phenoxy) is 2. The number of esters is 1. The molecule has 6 nitrogen and oxygen atoms in total. The van der Waals surface area contributed by atoms with E-state index in [2.05, 4.69) is 5.32 Å². The normalized spacial score (nSPS) is 20.9. The molecule has 0 radical (unpaired) electrons. The first kappa shape index (κ1) is 26.0. The molecule has 0 bridgehead atoms. The molecule has 35 heavy (non-hydrogen) atoms. The fourth-order valence-electron chi connectivity index (χ4n) is 5.26. The average Bonchev–Trinajstić information content (AvgIpc) is 3.34. The fourth-order valence-corrected chi connectivity index (χ4v) is 13.8. The van der Waals surface area contributed by atoms with Gasteiger partial charge in [-0.1, -0.05) is 0 Å². The summed E-state index contributed by atoms with van der Waals surface area (Å²) in [6, 6.07) is 15.7. The van der Waals surface area contributed by atoms with E-state index < -0.39 is 46.9 Å². The molecule has 2 aromatic carbocycles. The molecule has 0 saturated carbocycles. The van der Waals surface area contributed by atoms with Crippen LogP contribution in [0, 0.1) is 0 Å². The summed E-state index contributed by atoms with van der Waals surface area (Å²) in [5.41, 5.74) is 1.41. The molecule has 8 heteroatoms. The Morgan fingerprint density at radius 3 is 2.77 bits per heavy atom. The van der Waals surface area contributed by atoms with Gasteiger partial charge in [-0.3, -0.25) is 0 Å². The number of hydrogen-bond acceptors (Lipinski definition) is 5. The van der Waals surface area contributed by atoms with Crippen molar-refractivity contribution in [1.29, 1.82) is 0 Å². The van der Waals surface area contributed by atoms with Crippen molar-refractivity contribution < 1.29 is 46.8 Å². The van der Waals surface area contributed by atoms with Gasteiger partial charge in [0.2, 0.25) is 0 Å². The quantitative estimate of drug-likeness (QED) is 0.218. The SMILES string of the molecule is CCOC(=O)C[C@@H](OC(=O)N[C@@H](C)c1cccc2ccccc12)[C@]1(C)c2occc2CC[C@H]1[Hg][Cl]. The van der Waals surface area contributed by atoms with Crippen molar-refractivity contribution in [1.82, 2.24) is 5.32 Å². The third kappa shape index (κ3) is 5.38. The number of furan rings is 1. The van der Waals surface area contributed by atoms with E-state index in [1.54, 1.807) is 13.2 Å². The number of carbonyl (C=O) groups excluding carboxylic acids is 2. The third-order valence-corrected chi connectivity index (χ3v) is 16.8. The van der Waals surface area contributed by atoms with Gasteiger partial charge in [-0.15, -0.1) is 0 Å². The Morgan fingerprint density at radius 1 is 1.23 bits per heavy atom. The Labute approximate surface area is 221 Å². The van der Waals surface area contributed by atoms with Crippen LogP contribution in [0.15, 0.2) is 59.2 Å². The van der Waals surface area contributed by atoms with Gasteiger partial charge in [0.15, 0.2) is 0 Å². The zero-order valence-electron chi connectivity index (χ0n) is 20.4. The monoisotopic (exact) mass is 685 g/mol. The van der Waals surface area contributed by atoms with E-state index in [4.69, 9.17) is 22.1 Å². The predicted molar refractivity (Wildman–Crippen MR) is 131 cm³/mol. The average molecular weight is 685 g/mol. The summed E-state index contributed by atoms with van der Waals surface area (Å²) in [5.74, 6) is 0.371. The minimum atomic E-state index is -1.84. The zero-order valence-corrected chi connectivity index (χ0v) is 26.6. The minimum absolute atomic E-state index is 0.0538. The van der Waals surface area contributed by atoms with Crippen LogP contribution in [0.25, 0.3) is 10.8 Å². The first-order chi connectivity index (χ1) is 16.9. The Morgan fingerprint density at radius 2 is 2.00 bits per heavy atom. The maximum absolute atomic E-state index is 13.2. The van der Waals surface area contributed by atoms with Crippen LogP contribution in [0.1, 0.15) is 56.5 Å². The number of rotatable bonds is 8. The standard InChI is InChI=1S/C27H30NO5.ClH.Hg/c1-4-31-24(29)17-23(27(3)15-8-11-20-14-16-32-25(20)27)33-26(30)28-18(2)21-13-7-10-19-9-5-6-12-22(19)21;;/h5-7,9-10,12-16,18,23H,4,8,11,17H2,1-3H3,(H,28,30);1H;/q;;+1/p-1/t18-,23+,27+;;/m0../s1. The van der Waals surface area contributed by atoms with Crippen molar-refractivity contribution in [2.45, 2.75) is 61.0 Å². The van der Waals surface area contributed by atoms with Crippen LogP contribution in [0.3, 0.4) is 0 Å². The van der Waals surface area contributed by atoms with Crippen molar-refractivity contribution in [2.75, 3.05) is 6.61 Å². The molecule has 1 N–H and O–H groups in total. The number of benzene rings is 2.